The van der Waals surface area contributed by atoms with Crippen molar-refractivity contribution in [2.24, 2.45) is 5.92 Å². The van der Waals surface area contributed by atoms with Gasteiger partial charge in [-0.1, -0.05) is 20.8 Å². The number of hydroxylamine groups is 2. The van der Waals surface area contributed by atoms with Gasteiger partial charge in [0, 0.05) is 5.92 Å². The van der Waals surface area contributed by atoms with Crippen molar-refractivity contribution < 1.29 is 10.3 Å². The summed E-state index contributed by atoms with van der Waals surface area (Å²) in [6.45, 7) is 8.06. The summed E-state index contributed by atoms with van der Waals surface area (Å²) in [7, 11) is 0. The second-order valence-corrected chi connectivity index (χ2v) is 2.91. The Morgan fingerprint density at radius 1 is 1.44 bits per heavy atom. The number of rotatable bonds is 4. The van der Waals surface area contributed by atoms with Gasteiger partial charge in [0.25, 0.3) is 0 Å². The van der Waals surface area contributed by atoms with Crippen LogP contribution in [0.5, 0.6) is 0 Å². The van der Waals surface area contributed by atoms with Gasteiger partial charge in [-0.2, -0.15) is 5.06 Å². The topological polar surface area (TPSA) is 24.7 Å². The summed E-state index contributed by atoms with van der Waals surface area (Å²) in [5, 5.41) is 9.80. The molecule has 0 amide bonds. The minimum Gasteiger partial charge on any atom is -0.219 e. The zero-order valence-corrected chi connectivity index (χ0v) is 6.65. The molecule has 0 fully saturated rings. The summed E-state index contributed by atoms with van der Waals surface area (Å²) in [4.78, 5) is 0. The highest BCUT2D eigenvalue weighted by Gasteiger charge is 2.04. The minimum absolute atomic E-state index is 0.594. The van der Waals surface area contributed by atoms with Crippen molar-refractivity contribution in [3.63, 3.8) is 0 Å². The molecule has 0 bridgehead atoms. The van der Waals surface area contributed by atoms with E-state index in [-0.39, 0.29) is 0 Å². The first-order valence-electron chi connectivity index (χ1n) is 3.70. The van der Waals surface area contributed by atoms with Crippen molar-refractivity contribution in [1.29, 1.82) is 0 Å². The van der Waals surface area contributed by atoms with Gasteiger partial charge in [0.1, 0.15) is 13.1 Å². The van der Waals surface area contributed by atoms with Gasteiger partial charge in [-0.15, -0.1) is 0 Å². The lowest BCUT2D eigenvalue weighted by molar-refractivity contribution is -1.09. The Labute approximate surface area is 57.4 Å². The van der Waals surface area contributed by atoms with Crippen LogP contribution in [-0.2, 0) is 0 Å². The fourth-order valence-electron chi connectivity index (χ4n) is 0.862. The lowest BCUT2D eigenvalue weighted by atomic mass is 10.2. The van der Waals surface area contributed by atoms with Crippen molar-refractivity contribution >= 4 is 0 Å². The van der Waals surface area contributed by atoms with Crippen molar-refractivity contribution in [3.05, 3.63) is 0 Å². The second-order valence-electron chi connectivity index (χ2n) is 2.91. The monoisotopic (exact) mass is 132 g/mol. The maximum absolute atomic E-state index is 9.14. The highest BCUT2D eigenvalue weighted by Crippen LogP contribution is 1.82. The molecule has 56 valence electrons. The van der Waals surface area contributed by atoms with Gasteiger partial charge >= 0.3 is 0 Å². The van der Waals surface area contributed by atoms with Crippen LogP contribution in [0.15, 0.2) is 0 Å². The largest absolute Gasteiger partial charge is 0.219 e. The molecule has 0 heterocycles. The van der Waals surface area contributed by atoms with E-state index in [1.807, 2.05) is 0 Å². The smallest absolute Gasteiger partial charge is 0.109 e. The molecule has 0 saturated heterocycles. The van der Waals surface area contributed by atoms with Crippen LogP contribution in [0.25, 0.3) is 0 Å². The average molecular weight is 132 g/mol. The van der Waals surface area contributed by atoms with E-state index in [0.29, 0.717) is 11.0 Å². The van der Waals surface area contributed by atoms with Crippen molar-refractivity contribution in [3.8, 4) is 0 Å². The summed E-state index contributed by atoms with van der Waals surface area (Å²) in [6, 6.07) is 0. The molecular weight excluding hydrogens is 114 g/mol. The van der Waals surface area contributed by atoms with Gasteiger partial charge in [0.05, 0.1) is 0 Å². The van der Waals surface area contributed by atoms with Gasteiger partial charge in [0.2, 0.25) is 0 Å². The molecule has 0 aromatic heterocycles. The number of hydrogen-bond donors (Lipinski definition) is 2. The van der Waals surface area contributed by atoms with Crippen molar-refractivity contribution in [2.45, 2.75) is 27.2 Å². The van der Waals surface area contributed by atoms with E-state index in [4.69, 9.17) is 5.21 Å². The molecule has 0 saturated carbocycles. The number of nitrogens with one attached hydrogen (secondary N) is 1. The number of hydrogen-bond acceptors (Lipinski definition) is 1. The molecule has 0 spiro atoms. The summed E-state index contributed by atoms with van der Waals surface area (Å²) in [5.41, 5.74) is 0. The first-order valence-corrected chi connectivity index (χ1v) is 3.70. The van der Waals surface area contributed by atoms with Crippen molar-refractivity contribution in [2.75, 3.05) is 13.1 Å². The van der Waals surface area contributed by atoms with Crippen molar-refractivity contribution in [1.82, 2.24) is 0 Å². The van der Waals surface area contributed by atoms with Crippen LogP contribution in [-0.4, -0.2) is 18.3 Å². The van der Waals surface area contributed by atoms with E-state index < -0.39 is 0 Å². The van der Waals surface area contributed by atoms with E-state index in [1.165, 1.54) is 0 Å². The summed E-state index contributed by atoms with van der Waals surface area (Å²) >= 11 is 0. The molecule has 9 heavy (non-hydrogen) atoms. The van der Waals surface area contributed by atoms with Crippen LogP contribution in [0.3, 0.4) is 0 Å². The molecule has 2 heteroatoms. The summed E-state index contributed by atoms with van der Waals surface area (Å²) in [6.07, 6.45) is 1.05. The van der Waals surface area contributed by atoms with E-state index in [9.17, 15) is 0 Å². The summed E-state index contributed by atoms with van der Waals surface area (Å²) in [5.74, 6) is 0.594. The predicted octanol–water partition coefficient (Wildman–Crippen LogP) is 0.326. The van der Waals surface area contributed by atoms with Crippen LogP contribution in [0.4, 0.5) is 0 Å². The Kier molecular flexibility index (Phi) is 4.72. The molecule has 0 rings (SSSR count). The first kappa shape index (κ1) is 8.92. The third-order valence-electron chi connectivity index (χ3n) is 1.18. The lowest BCUT2D eigenvalue weighted by Gasteiger charge is -2.10. The Morgan fingerprint density at radius 2 is 2.00 bits per heavy atom. The maximum atomic E-state index is 9.14. The zero-order valence-electron chi connectivity index (χ0n) is 6.65. The fraction of sp³-hybridized carbons (Fsp3) is 1.00. The molecule has 2 N–H and O–H groups in total. The second kappa shape index (κ2) is 4.77. The molecule has 0 aromatic rings. The van der Waals surface area contributed by atoms with E-state index in [0.717, 1.165) is 19.5 Å². The molecule has 1 atom stereocenters. The molecule has 0 aliphatic heterocycles. The van der Waals surface area contributed by atoms with E-state index in [1.54, 1.807) is 0 Å². The van der Waals surface area contributed by atoms with Crippen LogP contribution in [0, 0.1) is 5.92 Å². The maximum Gasteiger partial charge on any atom is 0.109 e. The average Bonchev–Trinajstić information content (AvgIpc) is 1.63. The fourth-order valence-corrected chi connectivity index (χ4v) is 0.862. The van der Waals surface area contributed by atoms with Crippen LogP contribution in [0.2, 0.25) is 0 Å². The standard InChI is InChI=1S/C7H17NO/c1-4-5-8(9)6-7(2)3/h7,9H,4-6H2,1-3H3/p+1. The van der Waals surface area contributed by atoms with E-state index in [2.05, 4.69) is 20.8 Å². The molecule has 2 nitrogen and oxygen atoms in total. The molecule has 0 aliphatic carbocycles. The quantitative estimate of drug-likeness (QED) is 0.529. The first-order chi connectivity index (χ1) is 4.16. The minimum atomic E-state index is 0.594. The normalized spacial score (nSPS) is 14.3. The molecular formula is C7H18NO+. The van der Waals surface area contributed by atoms with Gasteiger partial charge < -0.3 is 0 Å². The molecule has 1 unspecified atom stereocenters. The SMILES string of the molecule is CCC[NH+](O)CC(C)C. The van der Waals surface area contributed by atoms with Gasteiger partial charge in [-0.05, 0) is 6.42 Å². The number of quaternary nitrogens is 1. The Morgan fingerprint density at radius 3 is 2.33 bits per heavy atom. The molecule has 0 aliphatic rings. The van der Waals surface area contributed by atoms with Crippen LogP contribution >= 0.6 is 0 Å². The molecule has 0 aromatic carbocycles. The van der Waals surface area contributed by atoms with Gasteiger partial charge in [0.15, 0.2) is 0 Å². The highest BCUT2D eigenvalue weighted by molar-refractivity contribution is 4.34. The summed E-state index contributed by atoms with van der Waals surface area (Å²) < 4.78 is 0. The molecule has 0 radical (unpaired) electrons. The van der Waals surface area contributed by atoms with Crippen LogP contribution in [0.1, 0.15) is 27.2 Å². The zero-order chi connectivity index (χ0) is 7.28. The lowest BCUT2D eigenvalue weighted by Crippen LogP contribution is -3.10. The van der Waals surface area contributed by atoms with Crippen LogP contribution < -0.4 is 5.06 Å². The third kappa shape index (κ3) is 5.80. The van der Waals surface area contributed by atoms with Gasteiger partial charge in [-0.3, -0.25) is 0 Å². The Bertz CT molecular complexity index is 63.9. The predicted molar refractivity (Wildman–Crippen MR) is 37.6 cm³/mol. The third-order valence-corrected chi connectivity index (χ3v) is 1.18. The Hall–Kier alpha value is -0.0800. The van der Waals surface area contributed by atoms with Gasteiger partial charge in [-0.25, -0.2) is 5.21 Å². The Balaban J connectivity index is 3.15. The van der Waals surface area contributed by atoms with E-state index >= 15 is 0 Å². The highest BCUT2D eigenvalue weighted by atomic mass is 16.5.